The van der Waals surface area contributed by atoms with Gasteiger partial charge >= 0.3 is 11.9 Å². The van der Waals surface area contributed by atoms with E-state index in [4.69, 9.17) is 9.47 Å². The van der Waals surface area contributed by atoms with Crippen LogP contribution in [0.1, 0.15) is 162 Å². The minimum Gasteiger partial charge on any atom is -0.462 e. The number of esters is 2. The van der Waals surface area contributed by atoms with E-state index >= 15 is 0 Å². The van der Waals surface area contributed by atoms with Crippen molar-refractivity contribution in [3.63, 3.8) is 0 Å². The number of thioether (sulfide) groups is 1. The molecule has 230 valence electrons. The number of hydrogen-bond acceptors (Lipinski definition) is 7. The minimum atomic E-state index is -0.778. The first-order chi connectivity index (χ1) is 19.0. The average molecular weight is 573 g/mol. The van der Waals surface area contributed by atoms with E-state index in [1.807, 2.05) is 0 Å². The van der Waals surface area contributed by atoms with Crippen LogP contribution in [0.25, 0.3) is 0 Å². The van der Waals surface area contributed by atoms with Gasteiger partial charge in [0.1, 0.15) is 6.61 Å². The first kappa shape index (κ1) is 37.9. The zero-order chi connectivity index (χ0) is 28.8. The third-order valence-electron chi connectivity index (χ3n) is 7.00. The van der Waals surface area contributed by atoms with Gasteiger partial charge in [0.05, 0.1) is 6.61 Å². The van der Waals surface area contributed by atoms with Crippen molar-refractivity contribution in [3.8, 4) is 0 Å². The topological polar surface area (TPSA) is 89.9 Å². The molecule has 0 aromatic heterocycles. The van der Waals surface area contributed by atoms with E-state index in [0.717, 1.165) is 50.7 Å². The molecule has 0 bridgehead atoms. The standard InChI is InChI=1S/C32H60O6S/c1-3-4-5-6-7-8-9-10-12-16-19-22-25-32(36)38-30(27-33)28-37-31(35)24-21-18-15-13-11-14-17-20-23-26-39-29(2)34/h30,33H,3-28H2,1-2H3/t30-/m1/s1. The molecule has 0 amide bonds. The van der Waals surface area contributed by atoms with Gasteiger partial charge in [-0.2, -0.15) is 0 Å². The van der Waals surface area contributed by atoms with Crippen LogP contribution in [0.3, 0.4) is 0 Å². The maximum absolute atomic E-state index is 12.1. The molecule has 0 aliphatic heterocycles. The smallest absolute Gasteiger partial charge is 0.306 e. The molecule has 0 saturated carbocycles. The van der Waals surface area contributed by atoms with E-state index < -0.39 is 6.10 Å². The molecular formula is C32H60O6S. The molecule has 0 rings (SSSR count). The predicted octanol–water partition coefficient (Wildman–Crippen LogP) is 8.71. The maximum Gasteiger partial charge on any atom is 0.306 e. The molecule has 0 heterocycles. The Morgan fingerprint density at radius 1 is 0.615 bits per heavy atom. The van der Waals surface area contributed by atoms with Crippen LogP contribution in [0.15, 0.2) is 0 Å². The maximum atomic E-state index is 12.1. The van der Waals surface area contributed by atoms with Gasteiger partial charge in [0.2, 0.25) is 0 Å². The van der Waals surface area contributed by atoms with E-state index in [1.165, 1.54) is 102 Å². The number of ether oxygens (including phenoxy) is 2. The van der Waals surface area contributed by atoms with Gasteiger partial charge < -0.3 is 14.6 Å². The Bertz CT molecular complexity index is 583. The van der Waals surface area contributed by atoms with Gasteiger partial charge in [-0.05, 0) is 19.3 Å². The van der Waals surface area contributed by atoms with Crippen molar-refractivity contribution in [2.45, 2.75) is 168 Å². The lowest BCUT2D eigenvalue weighted by Crippen LogP contribution is -2.28. The van der Waals surface area contributed by atoms with Gasteiger partial charge in [0.15, 0.2) is 11.2 Å². The zero-order valence-electron chi connectivity index (χ0n) is 25.4. The zero-order valence-corrected chi connectivity index (χ0v) is 26.2. The summed E-state index contributed by atoms with van der Waals surface area (Å²) in [6, 6.07) is 0. The van der Waals surface area contributed by atoms with E-state index in [2.05, 4.69) is 6.92 Å². The lowest BCUT2D eigenvalue weighted by Gasteiger charge is -2.15. The first-order valence-corrected chi connectivity index (χ1v) is 17.1. The van der Waals surface area contributed by atoms with Crippen LogP contribution in [-0.2, 0) is 23.9 Å². The van der Waals surface area contributed by atoms with Gasteiger partial charge in [-0.15, -0.1) is 0 Å². The number of rotatable bonds is 29. The summed E-state index contributed by atoms with van der Waals surface area (Å²) < 4.78 is 10.5. The molecule has 0 aromatic rings. The fourth-order valence-electron chi connectivity index (χ4n) is 4.56. The van der Waals surface area contributed by atoms with E-state index in [9.17, 15) is 19.5 Å². The molecule has 0 saturated heterocycles. The van der Waals surface area contributed by atoms with E-state index in [-0.39, 0.29) is 30.3 Å². The monoisotopic (exact) mass is 572 g/mol. The highest BCUT2D eigenvalue weighted by molar-refractivity contribution is 8.13. The lowest BCUT2D eigenvalue weighted by atomic mass is 10.0. The first-order valence-electron chi connectivity index (χ1n) is 16.1. The number of carbonyl (C=O) groups excluding carboxylic acids is 3. The molecule has 0 fully saturated rings. The summed E-state index contributed by atoms with van der Waals surface area (Å²) in [6.07, 6.45) is 24.9. The van der Waals surface area contributed by atoms with Crippen LogP contribution in [-0.4, -0.2) is 47.2 Å². The van der Waals surface area contributed by atoms with Crippen LogP contribution in [0.4, 0.5) is 0 Å². The van der Waals surface area contributed by atoms with Crippen molar-refractivity contribution in [1.82, 2.24) is 0 Å². The normalized spacial score (nSPS) is 11.9. The largest absolute Gasteiger partial charge is 0.462 e. The fourth-order valence-corrected chi connectivity index (χ4v) is 5.20. The molecule has 0 aromatic carbocycles. The fraction of sp³-hybridized carbons (Fsp3) is 0.906. The molecule has 7 heteroatoms. The quantitative estimate of drug-likeness (QED) is 0.0708. The van der Waals surface area contributed by atoms with E-state index in [0.29, 0.717) is 12.8 Å². The molecule has 0 aliphatic rings. The Morgan fingerprint density at radius 3 is 1.46 bits per heavy atom. The highest BCUT2D eigenvalue weighted by Gasteiger charge is 2.16. The molecule has 1 atom stereocenters. The summed E-state index contributed by atoms with van der Waals surface area (Å²) in [5.74, 6) is 0.313. The Kier molecular flexibility index (Phi) is 29.1. The second-order valence-corrected chi connectivity index (χ2v) is 12.2. The second kappa shape index (κ2) is 29.9. The summed E-state index contributed by atoms with van der Waals surface area (Å²) in [7, 11) is 0. The summed E-state index contributed by atoms with van der Waals surface area (Å²) in [6.45, 7) is 3.45. The van der Waals surface area contributed by atoms with Crippen LogP contribution in [0.2, 0.25) is 0 Å². The van der Waals surface area contributed by atoms with Crippen LogP contribution < -0.4 is 0 Å². The Labute approximate surface area is 244 Å². The SMILES string of the molecule is CCCCCCCCCCCCCCC(=O)O[C@H](CO)COC(=O)CCCCCCCCCCCSC(C)=O. The van der Waals surface area contributed by atoms with Crippen molar-refractivity contribution in [2.75, 3.05) is 19.0 Å². The van der Waals surface area contributed by atoms with Gasteiger partial charge in [0.25, 0.3) is 0 Å². The number of unbranched alkanes of at least 4 members (excludes halogenated alkanes) is 19. The molecule has 0 radical (unpaired) electrons. The Balaban J connectivity index is 3.55. The minimum absolute atomic E-state index is 0.0789. The molecule has 0 spiro atoms. The highest BCUT2D eigenvalue weighted by Crippen LogP contribution is 2.14. The molecular weight excluding hydrogens is 512 g/mol. The molecule has 1 N–H and O–H groups in total. The van der Waals surface area contributed by atoms with Crippen molar-refractivity contribution in [2.24, 2.45) is 0 Å². The Hall–Kier alpha value is -1.08. The average Bonchev–Trinajstić information content (AvgIpc) is 2.92. The summed E-state index contributed by atoms with van der Waals surface area (Å²) in [4.78, 5) is 34.9. The third kappa shape index (κ3) is 29.7. The van der Waals surface area contributed by atoms with Crippen LogP contribution >= 0.6 is 11.8 Å². The number of aliphatic hydroxyl groups is 1. The second-order valence-electron chi connectivity index (χ2n) is 10.9. The van der Waals surface area contributed by atoms with Gasteiger partial charge in [-0.3, -0.25) is 14.4 Å². The van der Waals surface area contributed by atoms with Gasteiger partial charge in [-0.1, -0.05) is 134 Å². The van der Waals surface area contributed by atoms with Crippen molar-refractivity contribution < 1.29 is 29.0 Å². The van der Waals surface area contributed by atoms with Crippen molar-refractivity contribution >= 4 is 28.8 Å². The van der Waals surface area contributed by atoms with Gasteiger partial charge in [0, 0.05) is 25.5 Å². The summed E-state index contributed by atoms with van der Waals surface area (Å²) in [5, 5.41) is 9.68. The lowest BCUT2D eigenvalue weighted by molar-refractivity contribution is -0.161. The predicted molar refractivity (Wildman–Crippen MR) is 163 cm³/mol. The highest BCUT2D eigenvalue weighted by atomic mass is 32.2. The van der Waals surface area contributed by atoms with E-state index in [1.54, 1.807) is 6.92 Å². The van der Waals surface area contributed by atoms with Crippen molar-refractivity contribution in [1.29, 1.82) is 0 Å². The van der Waals surface area contributed by atoms with Crippen LogP contribution in [0, 0.1) is 0 Å². The number of aliphatic hydroxyl groups excluding tert-OH is 1. The number of hydrogen-bond donors (Lipinski definition) is 1. The molecule has 39 heavy (non-hydrogen) atoms. The number of carbonyl (C=O) groups is 3. The summed E-state index contributed by atoms with van der Waals surface area (Å²) in [5.41, 5.74) is 0. The van der Waals surface area contributed by atoms with Crippen molar-refractivity contribution in [3.05, 3.63) is 0 Å². The molecule has 6 nitrogen and oxygen atoms in total. The third-order valence-corrected chi connectivity index (χ3v) is 7.90. The Morgan fingerprint density at radius 2 is 1.03 bits per heavy atom. The van der Waals surface area contributed by atoms with Gasteiger partial charge in [-0.25, -0.2) is 0 Å². The molecule has 0 aliphatic carbocycles. The van der Waals surface area contributed by atoms with Crippen LogP contribution in [0.5, 0.6) is 0 Å². The summed E-state index contributed by atoms with van der Waals surface area (Å²) >= 11 is 1.42. The molecule has 0 unspecified atom stereocenters.